The fourth-order valence-corrected chi connectivity index (χ4v) is 4.26. The fraction of sp³-hybridized carbons (Fsp3) is 0.467. The van der Waals surface area contributed by atoms with E-state index in [0.717, 1.165) is 42.4 Å². The molecule has 1 unspecified atom stereocenters. The Bertz CT molecular complexity index is 1100. The number of hydrogen-bond donors (Lipinski definition) is 0. The summed E-state index contributed by atoms with van der Waals surface area (Å²) in [7, 11) is 0. The van der Waals surface area contributed by atoms with Crippen molar-refractivity contribution in [1.82, 2.24) is 14.8 Å². The van der Waals surface area contributed by atoms with Gasteiger partial charge in [0.2, 0.25) is 11.8 Å². The molecule has 0 N–H and O–H groups in total. The van der Waals surface area contributed by atoms with Gasteiger partial charge in [-0.2, -0.15) is 0 Å². The molecule has 0 aliphatic carbocycles. The summed E-state index contributed by atoms with van der Waals surface area (Å²) in [6, 6.07) is 10.6. The highest BCUT2D eigenvalue weighted by atomic mass is 16.4. The first-order chi connectivity index (χ1) is 17.0. The molecule has 1 saturated heterocycles. The molecule has 3 aromatic rings. The summed E-state index contributed by atoms with van der Waals surface area (Å²) in [6.45, 7) is 21.8. The highest BCUT2D eigenvalue weighted by molar-refractivity contribution is 5.63. The third kappa shape index (κ3) is 6.97. The van der Waals surface area contributed by atoms with E-state index >= 15 is 0 Å². The molecule has 5 nitrogen and oxygen atoms in total. The third-order valence-corrected chi connectivity index (χ3v) is 6.11. The largest absolute Gasteiger partial charge is 0.416 e. The van der Waals surface area contributed by atoms with E-state index in [1.54, 1.807) is 0 Å². The zero-order valence-electron chi connectivity index (χ0n) is 23.2. The minimum atomic E-state index is 0.560. The Kier molecular flexibility index (Phi) is 11.0. The van der Waals surface area contributed by atoms with Crippen molar-refractivity contribution in [3.63, 3.8) is 0 Å². The average molecular weight is 477 g/mol. The topological polar surface area (TPSA) is 47.1 Å². The van der Waals surface area contributed by atoms with Gasteiger partial charge in [-0.05, 0) is 70.4 Å². The smallest absolute Gasteiger partial charge is 0.249 e. The van der Waals surface area contributed by atoms with Gasteiger partial charge in [-0.1, -0.05) is 58.4 Å². The Morgan fingerprint density at radius 2 is 1.71 bits per heavy atom. The number of aryl methyl sites for hydroxylation is 1. The molecule has 1 aromatic carbocycles. The van der Waals surface area contributed by atoms with Crippen LogP contribution >= 0.6 is 0 Å². The van der Waals surface area contributed by atoms with Gasteiger partial charge in [0, 0.05) is 42.3 Å². The summed E-state index contributed by atoms with van der Waals surface area (Å²) in [5, 5.41) is 8.67. The molecule has 190 valence electrons. The molecule has 0 amide bonds. The Morgan fingerprint density at radius 3 is 2.31 bits per heavy atom. The van der Waals surface area contributed by atoms with Gasteiger partial charge in [-0.25, -0.2) is 0 Å². The van der Waals surface area contributed by atoms with E-state index in [-0.39, 0.29) is 0 Å². The van der Waals surface area contributed by atoms with Gasteiger partial charge in [0.1, 0.15) is 0 Å². The van der Waals surface area contributed by atoms with Gasteiger partial charge in [-0.3, -0.25) is 0 Å². The van der Waals surface area contributed by atoms with Crippen LogP contribution in [0.15, 0.2) is 58.6 Å². The lowest BCUT2D eigenvalue weighted by Crippen LogP contribution is -2.18. The van der Waals surface area contributed by atoms with Crippen molar-refractivity contribution in [2.75, 3.05) is 18.0 Å². The molecular weight excluding hydrogens is 432 g/mol. The van der Waals surface area contributed by atoms with Crippen molar-refractivity contribution in [2.45, 2.75) is 75.3 Å². The van der Waals surface area contributed by atoms with Crippen molar-refractivity contribution in [1.29, 1.82) is 0 Å². The van der Waals surface area contributed by atoms with Crippen molar-refractivity contribution in [2.24, 2.45) is 5.92 Å². The summed E-state index contributed by atoms with van der Waals surface area (Å²) in [4.78, 5) is 2.44. The molecule has 1 aliphatic heterocycles. The molecule has 0 bridgehead atoms. The minimum Gasteiger partial charge on any atom is -0.416 e. The summed E-state index contributed by atoms with van der Waals surface area (Å²) >= 11 is 0. The van der Waals surface area contributed by atoms with E-state index in [1.165, 1.54) is 23.4 Å². The van der Waals surface area contributed by atoms with Gasteiger partial charge >= 0.3 is 0 Å². The number of anilines is 1. The third-order valence-electron chi connectivity index (χ3n) is 6.11. The van der Waals surface area contributed by atoms with Crippen LogP contribution in [0.4, 0.5) is 5.69 Å². The maximum absolute atomic E-state index is 6.08. The van der Waals surface area contributed by atoms with Gasteiger partial charge < -0.3 is 13.9 Å². The standard InChI is InChI=1S/C26H32N4O.2C2H6/c1-6-7-8-18(2)17-30-20(4)15-24(21(30)5)26-28-27-25(31-26)22-9-11-23(12-10-22)29-14-13-19(3)16-29;2*1-2/h6-12,15,19H,13-14,16-17H2,1-5H3;2*1-2H3/b7-6-,18-8+;;. The van der Waals surface area contributed by atoms with Crippen LogP contribution in [-0.4, -0.2) is 27.9 Å². The van der Waals surface area contributed by atoms with E-state index in [0.29, 0.717) is 11.8 Å². The number of rotatable bonds is 6. The highest BCUT2D eigenvalue weighted by Crippen LogP contribution is 2.31. The summed E-state index contributed by atoms with van der Waals surface area (Å²) < 4.78 is 8.37. The minimum absolute atomic E-state index is 0.560. The molecule has 35 heavy (non-hydrogen) atoms. The second-order valence-electron chi connectivity index (χ2n) is 8.71. The number of aromatic nitrogens is 3. The first-order valence-corrected chi connectivity index (χ1v) is 13.1. The second kappa shape index (κ2) is 13.7. The van der Waals surface area contributed by atoms with E-state index in [2.05, 4.69) is 89.8 Å². The van der Waals surface area contributed by atoms with Crippen LogP contribution in [0.1, 0.15) is 66.3 Å². The van der Waals surface area contributed by atoms with Crippen LogP contribution in [-0.2, 0) is 6.54 Å². The predicted octanol–water partition coefficient (Wildman–Crippen LogP) is 8.24. The first-order valence-electron chi connectivity index (χ1n) is 13.1. The van der Waals surface area contributed by atoms with Crippen LogP contribution < -0.4 is 4.90 Å². The number of benzene rings is 1. The molecule has 4 rings (SSSR count). The number of allylic oxidation sites excluding steroid dienone is 4. The lowest BCUT2D eigenvalue weighted by Gasteiger charge is -2.18. The van der Waals surface area contributed by atoms with Crippen molar-refractivity contribution < 1.29 is 4.42 Å². The van der Waals surface area contributed by atoms with E-state index in [4.69, 9.17) is 4.42 Å². The zero-order valence-corrected chi connectivity index (χ0v) is 23.2. The molecule has 2 aromatic heterocycles. The van der Waals surface area contributed by atoms with Crippen LogP contribution in [0.25, 0.3) is 22.9 Å². The Balaban J connectivity index is 0.00000103. The van der Waals surface area contributed by atoms with E-state index in [9.17, 15) is 0 Å². The molecule has 1 fully saturated rings. The SMILES string of the molecule is C/C=C\C=C(/C)Cn1c(C)cc(-c2nnc(-c3ccc(N4CCC(C)C4)cc3)o2)c1C.CC.CC. The predicted molar refractivity (Wildman–Crippen MR) is 150 cm³/mol. The van der Waals surface area contributed by atoms with E-state index in [1.807, 2.05) is 40.7 Å². The lowest BCUT2D eigenvalue weighted by molar-refractivity contribution is 0.583. The van der Waals surface area contributed by atoms with E-state index < -0.39 is 0 Å². The first kappa shape index (κ1) is 28.2. The van der Waals surface area contributed by atoms with Gasteiger partial charge in [0.25, 0.3) is 0 Å². The fourth-order valence-electron chi connectivity index (χ4n) is 4.26. The zero-order chi connectivity index (χ0) is 26.0. The van der Waals surface area contributed by atoms with Crippen LogP contribution in [0.5, 0.6) is 0 Å². The second-order valence-corrected chi connectivity index (χ2v) is 8.71. The molecule has 1 aliphatic rings. The van der Waals surface area contributed by atoms with Gasteiger partial charge in [0.15, 0.2) is 0 Å². The summed E-state index contributed by atoms with van der Waals surface area (Å²) in [5.74, 6) is 1.90. The summed E-state index contributed by atoms with van der Waals surface area (Å²) in [5.41, 5.74) is 6.83. The highest BCUT2D eigenvalue weighted by Gasteiger charge is 2.20. The Labute approximate surface area is 212 Å². The quantitative estimate of drug-likeness (QED) is 0.336. The number of nitrogens with zero attached hydrogens (tertiary/aromatic N) is 4. The van der Waals surface area contributed by atoms with Gasteiger partial charge in [0.05, 0.1) is 5.56 Å². The van der Waals surface area contributed by atoms with Crippen molar-refractivity contribution in [3.8, 4) is 22.9 Å². The monoisotopic (exact) mass is 476 g/mol. The van der Waals surface area contributed by atoms with Gasteiger partial charge in [-0.15, -0.1) is 10.2 Å². The molecule has 5 heteroatoms. The van der Waals surface area contributed by atoms with Crippen LogP contribution in [0.3, 0.4) is 0 Å². The maximum atomic E-state index is 6.08. The maximum Gasteiger partial charge on any atom is 0.249 e. The summed E-state index contributed by atoms with van der Waals surface area (Å²) in [6.07, 6.45) is 7.53. The molecule has 0 saturated carbocycles. The molecule has 1 atom stereocenters. The van der Waals surface area contributed by atoms with Crippen molar-refractivity contribution in [3.05, 3.63) is 65.5 Å². The molecular formula is C30H44N4O. The Morgan fingerprint density at radius 1 is 1.06 bits per heavy atom. The number of hydrogen-bond acceptors (Lipinski definition) is 4. The normalized spacial score (nSPS) is 15.6. The lowest BCUT2D eigenvalue weighted by atomic mass is 10.2. The molecule has 3 heterocycles. The van der Waals surface area contributed by atoms with Crippen LogP contribution in [0.2, 0.25) is 0 Å². The van der Waals surface area contributed by atoms with Crippen LogP contribution in [0, 0.1) is 19.8 Å². The van der Waals surface area contributed by atoms with Crippen molar-refractivity contribution >= 4 is 5.69 Å². The average Bonchev–Trinajstić information content (AvgIpc) is 3.61. The Hall–Kier alpha value is -3.08. The molecule has 0 radical (unpaired) electrons. The molecule has 0 spiro atoms.